The van der Waals surface area contributed by atoms with Gasteiger partial charge in [-0.1, -0.05) is 219 Å². The number of carbonyl (C=O) groups excluding carboxylic acids is 2. The minimum absolute atomic E-state index is 0. The zero-order valence-electron chi connectivity index (χ0n) is 31.8. The monoisotopic (exact) mass is 748 g/mol. The maximum atomic E-state index is 11.9. The van der Waals surface area contributed by atoms with Crippen LogP contribution >= 0.6 is 0 Å². The molecule has 0 atom stereocenters. The van der Waals surface area contributed by atoms with Crippen LogP contribution in [-0.2, 0) is 44.7 Å². The summed E-state index contributed by atoms with van der Waals surface area (Å²) in [5, 5.41) is -0.886. The summed E-state index contributed by atoms with van der Waals surface area (Å²) in [5.41, 5.74) is 4.29. The molecule has 2 amide bonds. The SMILES string of the molecule is CCCCCCCCCCCCCCCCCCCN(CCCCCCCCCCCCCCCCCCC)C(=O)[S-].NC(=O)[S-].[Zn+2]. The smallest absolute Gasteiger partial charge is 0.719 e. The van der Waals surface area contributed by atoms with Crippen LogP contribution in [-0.4, -0.2) is 28.5 Å². The van der Waals surface area contributed by atoms with Gasteiger partial charge >= 0.3 is 19.5 Å². The van der Waals surface area contributed by atoms with Gasteiger partial charge in [-0.3, -0.25) is 0 Å². The van der Waals surface area contributed by atoms with E-state index in [1.165, 1.54) is 205 Å². The van der Waals surface area contributed by atoms with E-state index in [-0.39, 0.29) is 24.7 Å². The van der Waals surface area contributed by atoms with Crippen LogP contribution in [0.2, 0.25) is 0 Å². The Hall–Kier alpha value is 0.00338. The fourth-order valence-corrected chi connectivity index (χ4v) is 6.53. The van der Waals surface area contributed by atoms with Crippen LogP contribution in [0.3, 0.4) is 0 Å². The molecule has 7 heteroatoms. The molecule has 0 aromatic heterocycles. The molecule has 0 aromatic carbocycles. The van der Waals surface area contributed by atoms with E-state index in [1.807, 2.05) is 4.90 Å². The van der Waals surface area contributed by atoms with E-state index in [4.69, 9.17) is 17.4 Å². The third-order valence-corrected chi connectivity index (χ3v) is 9.58. The Morgan fingerprint density at radius 2 is 0.532 bits per heavy atom. The van der Waals surface area contributed by atoms with Crippen molar-refractivity contribution < 1.29 is 29.1 Å². The summed E-state index contributed by atoms with van der Waals surface area (Å²) in [4.78, 5) is 22.9. The first kappa shape index (κ1) is 51.4. The molecule has 0 radical (unpaired) electrons. The van der Waals surface area contributed by atoms with Gasteiger partial charge in [0, 0.05) is 13.1 Å². The number of nitrogens with two attached hydrogens (primary N) is 1. The molecular formula is C40H80N2O2S2Zn. The number of nitrogens with zero attached hydrogens (tertiary/aromatic N) is 1. The second-order valence-corrected chi connectivity index (χ2v) is 14.6. The van der Waals surface area contributed by atoms with E-state index in [1.54, 1.807) is 0 Å². The number of amides is 2. The molecule has 0 fully saturated rings. The van der Waals surface area contributed by atoms with Crippen LogP contribution in [0, 0.1) is 0 Å². The molecule has 2 N–H and O–H groups in total. The fraction of sp³-hybridized carbons (Fsp3) is 0.950. The molecule has 0 aromatic rings. The van der Waals surface area contributed by atoms with Crippen molar-refractivity contribution in [1.82, 2.24) is 4.90 Å². The Bertz CT molecular complexity index is 571. The zero-order valence-corrected chi connectivity index (χ0v) is 36.4. The molecule has 0 aliphatic rings. The van der Waals surface area contributed by atoms with Crippen molar-refractivity contribution in [1.29, 1.82) is 0 Å². The average Bonchev–Trinajstić information content (AvgIpc) is 3.02. The number of hydrogen-bond acceptors (Lipinski definition) is 4. The number of unbranched alkanes of at least 4 members (excludes halogenated alkanes) is 32. The Morgan fingerprint density at radius 3 is 0.681 bits per heavy atom. The zero-order chi connectivity index (χ0) is 34.2. The van der Waals surface area contributed by atoms with Gasteiger partial charge in [0.2, 0.25) is 0 Å². The van der Waals surface area contributed by atoms with Crippen LogP contribution in [0.1, 0.15) is 232 Å². The molecule has 47 heavy (non-hydrogen) atoms. The normalized spacial score (nSPS) is 10.7. The van der Waals surface area contributed by atoms with E-state index >= 15 is 0 Å². The Kier molecular flexibility index (Phi) is 50.3. The minimum atomic E-state index is -0.750. The van der Waals surface area contributed by atoms with E-state index in [0.717, 1.165) is 25.9 Å². The molecule has 0 unspecified atom stereocenters. The molecule has 0 aliphatic heterocycles. The van der Waals surface area contributed by atoms with Gasteiger partial charge in [0.05, 0.1) is 5.24 Å². The second-order valence-electron chi connectivity index (χ2n) is 13.9. The van der Waals surface area contributed by atoms with Gasteiger partial charge in [-0.2, -0.15) is 0 Å². The van der Waals surface area contributed by atoms with E-state index in [0.29, 0.717) is 0 Å². The van der Waals surface area contributed by atoms with Crippen molar-refractivity contribution in [3.05, 3.63) is 0 Å². The molecule has 0 bridgehead atoms. The van der Waals surface area contributed by atoms with E-state index in [2.05, 4.69) is 32.2 Å². The standard InChI is InChI=1S/C39H79NOS.CH3NOS.Zn/c1-3-5-7-9-11-13-15-17-19-21-23-25-27-29-31-33-35-37-40(39(41)42)38-36-34-32-30-28-26-24-22-20-18-16-14-12-10-8-6-4-2;2-1(3)4;/h3-38H2,1-2H3,(H,41,42);(H3,2,3,4);/q;;+2/p-2. The van der Waals surface area contributed by atoms with E-state index in [9.17, 15) is 4.79 Å². The summed E-state index contributed by atoms with van der Waals surface area (Å²) in [7, 11) is 0. The summed E-state index contributed by atoms with van der Waals surface area (Å²) in [6.45, 7) is 6.34. The Labute approximate surface area is 319 Å². The first-order chi connectivity index (χ1) is 22.5. The third kappa shape index (κ3) is 50.5. The van der Waals surface area contributed by atoms with Crippen LogP contribution in [0.4, 0.5) is 9.59 Å². The van der Waals surface area contributed by atoms with Gasteiger partial charge in [0.15, 0.2) is 0 Å². The molecule has 0 saturated heterocycles. The molecule has 0 spiro atoms. The fourth-order valence-electron chi connectivity index (χ4n) is 6.35. The van der Waals surface area contributed by atoms with Crippen LogP contribution < -0.4 is 5.73 Å². The quantitative estimate of drug-likeness (QED) is 0.0393. The molecule has 0 heterocycles. The number of rotatable bonds is 36. The van der Waals surface area contributed by atoms with Crippen molar-refractivity contribution in [2.45, 2.75) is 232 Å². The molecule has 0 aliphatic carbocycles. The predicted molar refractivity (Wildman–Crippen MR) is 210 cm³/mol. The molecule has 0 rings (SSSR count). The Balaban J connectivity index is -0.00000364. The van der Waals surface area contributed by atoms with Gasteiger partial charge in [-0.05, 0) is 12.8 Å². The van der Waals surface area contributed by atoms with Crippen LogP contribution in [0.15, 0.2) is 0 Å². The van der Waals surface area contributed by atoms with Gasteiger partial charge in [-0.25, -0.2) is 0 Å². The van der Waals surface area contributed by atoms with Crippen LogP contribution in [0.5, 0.6) is 0 Å². The third-order valence-electron chi connectivity index (χ3n) is 9.32. The van der Waals surface area contributed by atoms with Crippen molar-refractivity contribution in [3.63, 3.8) is 0 Å². The van der Waals surface area contributed by atoms with Gasteiger partial charge < -0.3 is 45.5 Å². The van der Waals surface area contributed by atoms with Crippen molar-refractivity contribution >= 4 is 35.7 Å². The van der Waals surface area contributed by atoms with E-state index < -0.39 is 5.24 Å². The first-order valence-electron chi connectivity index (χ1n) is 20.4. The number of primary amides is 1. The average molecular weight is 751 g/mol. The Morgan fingerprint density at radius 1 is 0.383 bits per heavy atom. The summed E-state index contributed by atoms with van der Waals surface area (Å²) >= 11 is 8.78. The van der Waals surface area contributed by atoms with Crippen molar-refractivity contribution in [3.8, 4) is 0 Å². The van der Waals surface area contributed by atoms with Gasteiger partial charge in [-0.15, -0.1) is 0 Å². The minimum Gasteiger partial charge on any atom is -0.719 e. The van der Waals surface area contributed by atoms with Crippen molar-refractivity contribution in [2.24, 2.45) is 5.73 Å². The maximum absolute atomic E-state index is 11.9. The summed E-state index contributed by atoms with van der Waals surface area (Å²) < 4.78 is 0. The summed E-state index contributed by atoms with van der Waals surface area (Å²) in [6.07, 6.45) is 47.3. The van der Waals surface area contributed by atoms with Gasteiger partial charge in [0.25, 0.3) is 0 Å². The first-order valence-corrected chi connectivity index (χ1v) is 21.2. The molecule has 4 nitrogen and oxygen atoms in total. The topological polar surface area (TPSA) is 63.4 Å². The molecule has 0 saturated carbocycles. The summed E-state index contributed by atoms with van der Waals surface area (Å²) in [5.74, 6) is 0. The predicted octanol–water partition coefficient (Wildman–Crippen LogP) is 13.9. The largest absolute Gasteiger partial charge is 2.00 e. The number of hydrogen-bond donors (Lipinski definition) is 1. The summed E-state index contributed by atoms with van der Waals surface area (Å²) in [6, 6.07) is 0. The molecule has 276 valence electrons. The maximum Gasteiger partial charge on any atom is 2.00 e. The van der Waals surface area contributed by atoms with Crippen LogP contribution in [0.25, 0.3) is 0 Å². The van der Waals surface area contributed by atoms with Crippen molar-refractivity contribution in [2.75, 3.05) is 13.1 Å². The second kappa shape index (κ2) is 46.0. The van der Waals surface area contributed by atoms with Gasteiger partial charge in [0.1, 0.15) is 5.24 Å². The molecular weight excluding hydrogens is 670 g/mol. The number of carbonyl (C=O) groups is 2.